The van der Waals surface area contributed by atoms with Gasteiger partial charge in [0.25, 0.3) is 5.91 Å². The molecule has 1 N–H and O–H groups in total. The normalized spacial score (nSPS) is 11.1. The minimum absolute atomic E-state index is 0.229. The molecule has 5 rings (SSSR count). The fourth-order valence-corrected chi connectivity index (χ4v) is 4.76. The van der Waals surface area contributed by atoms with Crippen LogP contribution in [0.2, 0.25) is 15.1 Å². The van der Waals surface area contributed by atoms with Crippen molar-refractivity contribution in [1.29, 1.82) is 0 Å². The number of nitrogens with zero attached hydrogens (tertiary/aromatic N) is 1. The molecular formula is C29H21Cl3N2O3. The summed E-state index contributed by atoms with van der Waals surface area (Å²) in [7, 11) is 0. The number of halogens is 3. The molecule has 1 heterocycles. The van der Waals surface area contributed by atoms with E-state index in [-0.39, 0.29) is 28.3 Å². The summed E-state index contributed by atoms with van der Waals surface area (Å²) >= 11 is 18.9. The molecule has 4 aromatic carbocycles. The zero-order valence-corrected chi connectivity index (χ0v) is 22.2. The molecule has 0 saturated carbocycles. The van der Waals surface area contributed by atoms with Crippen LogP contribution in [0.15, 0.2) is 77.2 Å². The summed E-state index contributed by atoms with van der Waals surface area (Å²) in [6, 6.07) is 23.4. The second-order valence-electron chi connectivity index (χ2n) is 8.50. The Labute approximate surface area is 228 Å². The summed E-state index contributed by atoms with van der Waals surface area (Å²) in [6.45, 7) is 3.25. The van der Waals surface area contributed by atoms with Gasteiger partial charge in [0, 0.05) is 16.3 Å². The lowest BCUT2D eigenvalue weighted by Crippen LogP contribution is -2.20. The van der Waals surface area contributed by atoms with Crippen molar-refractivity contribution in [2.45, 2.75) is 13.8 Å². The standard InChI is InChI=1S/C29H21Cl3N2O3/c1-16-25(30)17(2)27(32)28(26(16)31)36-15-24(35)33-21-12-13-23-22(14-21)34-29(37-23)20-10-8-19(9-11-20)18-6-4-3-5-7-18/h3-14H,15H2,1-2H3,(H,33,35). The number of anilines is 1. The third-order valence-corrected chi connectivity index (χ3v) is 7.45. The van der Waals surface area contributed by atoms with Gasteiger partial charge in [-0.25, -0.2) is 4.98 Å². The first-order valence-electron chi connectivity index (χ1n) is 11.4. The molecule has 37 heavy (non-hydrogen) atoms. The average Bonchev–Trinajstić information content (AvgIpc) is 3.35. The topological polar surface area (TPSA) is 64.4 Å². The molecule has 0 aliphatic carbocycles. The summed E-state index contributed by atoms with van der Waals surface area (Å²) in [5.74, 6) is 0.351. The highest BCUT2D eigenvalue weighted by Crippen LogP contribution is 2.42. The van der Waals surface area contributed by atoms with Gasteiger partial charge < -0.3 is 14.5 Å². The van der Waals surface area contributed by atoms with Crippen molar-refractivity contribution in [3.63, 3.8) is 0 Å². The molecule has 186 valence electrons. The zero-order valence-electron chi connectivity index (χ0n) is 19.9. The maximum atomic E-state index is 12.6. The van der Waals surface area contributed by atoms with Gasteiger partial charge in [0.2, 0.25) is 5.89 Å². The van der Waals surface area contributed by atoms with Crippen LogP contribution in [0, 0.1) is 13.8 Å². The highest BCUT2D eigenvalue weighted by atomic mass is 35.5. The van der Waals surface area contributed by atoms with Crippen molar-refractivity contribution in [2.75, 3.05) is 11.9 Å². The van der Waals surface area contributed by atoms with E-state index in [2.05, 4.69) is 22.4 Å². The maximum absolute atomic E-state index is 12.6. The lowest BCUT2D eigenvalue weighted by molar-refractivity contribution is -0.118. The molecule has 0 fully saturated rings. The van der Waals surface area contributed by atoms with Crippen molar-refractivity contribution in [1.82, 2.24) is 4.98 Å². The number of oxazole rings is 1. The molecule has 0 bridgehead atoms. The van der Waals surface area contributed by atoms with Gasteiger partial charge in [0.1, 0.15) is 5.52 Å². The smallest absolute Gasteiger partial charge is 0.262 e. The molecular weight excluding hydrogens is 531 g/mol. The third-order valence-electron chi connectivity index (χ3n) is 5.97. The van der Waals surface area contributed by atoms with Crippen LogP contribution in [0.25, 0.3) is 33.7 Å². The van der Waals surface area contributed by atoms with Crippen molar-refractivity contribution < 1.29 is 13.9 Å². The van der Waals surface area contributed by atoms with Crippen LogP contribution in [0.4, 0.5) is 5.69 Å². The van der Waals surface area contributed by atoms with Gasteiger partial charge in [-0.3, -0.25) is 4.79 Å². The molecule has 0 atom stereocenters. The summed E-state index contributed by atoms with van der Waals surface area (Å²) in [5.41, 5.74) is 6.18. The predicted octanol–water partition coefficient (Wildman–Crippen LogP) is 8.76. The lowest BCUT2D eigenvalue weighted by atomic mass is 10.0. The first kappa shape index (κ1) is 25.2. The van der Waals surface area contributed by atoms with Crippen molar-refractivity contribution >= 4 is 57.5 Å². The Balaban J connectivity index is 1.29. The van der Waals surface area contributed by atoms with Crippen LogP contribution < -0.4 is 10.1 Å². The van der Waals surface area contributed by atoms with Crippen molar-refractivity contribution in [3.05, 3.63) is 99.0 Å². The molecule has 1 aromatic heterocycles. The number of hydrogen-bond acceptors (Lipinski definition) is 4. The molecule has 0 radical (unpaired) electrons. The number of rotatable bonds is 6. The Kier molecular flexibility index (Phi) is 7.11. The van der Waals surface area contributed by atoms with Crippen molar-refractivity contribution in [2.24, 2.45) is 0 Å². The van der Waals surface area contributed by atoms with Crippen LogP contribution in [-0.4, -0.2) is 17.5 Å². The number of fused-ring (bicyclic) bond motifs is 1. The minimum atomic E-state index is -0.378. The Morgan fingerprint density at radius 3 is 2.14 bits per heavy atom. The molecule has 8 heteroatoms. The van der Waals surface area contributed by atoms with Gasteiger partial charge in [-0.1, -0.05) is 77.3 Å². The van der Waals surface area contributed by atoms with E-state index in [0.717, 1.165) is 16.7 Å². The predicted molar refractivity (Wildman–Crippen MR) is 150 cm³/mol. The summed E-state index contributed by atoms with van der Waals surface area (Å²) in [4.78, 5) is 17.2. The Morgan fingerprint density at radius 2 is 1.46 bits per heavy atom. The Morgan fingerprint density at radius 1 is 0.838 bits per heavy atom. The highest BCUT2D eigenvalue weighted by molar-refractivity contribution is 6.42. The highest BCUT2D eigenvalue weighted by Gasteiger charge is 2.19. The quantitative estimate of drug-likeness (QED) is 0.229. The molecule has 0 saturated heterocycles. The van der Waals surface area contributed by atoms with Crippen molar-refractivity contribution in [3.8, 4) is 28.3 Å². The van der Waals surface area contributed by atoms with E-state index >= 15 is 0 Å². The lowest BCUT2D eigenvalue weighted by Gasteiger charge is -2.15. The van der Waals surface area contributed by atoms with Gasteiger partial charge in [-0.05, 0) is 66.4 Å². The number of ether oxygens (including phenoxy) is 1. The average molecular weight is 552 g/mol. The minimum Gasteiger partial charge on any atom is -0.481 e. The number of aromatic nitrogens is 1. The van der Waals surface area contributed by atoms with Gasteiger partial charge >= 0.3 is 0 Å². The molecule has 5 nitrogen and oxygen atoms in total. The molecule has 0 spiro atoms. The fourth-order valence-electron chi connectivity index (χ4n) is 3.94. The SMILES string of the molecule is Cc1c(Cl)c(C)c(Cl)c(OCC(=O)Nc2ccc3oc(-c4ccc(-c5ccccc5)cc4)nc3c2)c1Cl. The van der Waals surface area contributed by atoms with Crippen LogP contribution >= 0.6 is 34.8 Å². The monoisotopic (exact) mass is 550 g/mol. The second kappa shape index (κ2) is 10.5. The van der Waals surface area contributed by atoms with E-state index < -0.39 is 0 Å². The molecule has 5 aromatic rings. The number of amides is 1. The molecule has 0 unspecified atom stereocenters. The van der Waals surface area contributed by atoms with E-state index in [9.17, 15) is 4.79 Å². The van der Waals surface area contributed by atoms with E-state index in [1.165, 1.54) is 0 Å². The van der Waals surface area contributed by atoms with Gasteiger partial charge in [0.05, 0.1) is 10.0 Å². The van der Waals surface area contributed by atoms with Crippen LogP contribution in [-0.2, 0) is 4.79 Å². The molecule has 0 aliphatic rings. The van der Waals surface area contributed by atoms with Crippen LogP contribution in [0.1, 0.15) is 11.1 Å². The second-order valence-corrected chi connectivity index (χ2v) is 9.64. The van der Waals surface area contributed by atoms with E-state index in [1.54, 1.807) is 32.0 Å². The fraction of sp³-hybridized carbons (Fsp3) is 0.103. The summed E-state index contributed by atoms with van der Waals surface area (Å²) in [6.07, 6.45) is 0. The number of hydrogen-bond donors (Lipinski definition) is 1. The number of nitrogens with one attached hydrogen (secondary N) is 1. The van der Waals surface area contributed by atoms with Gasteiger partial charge in [0.15, 0.2) is 17.9 Å². The summed E-state index contributed by atoms with van der Waals surface area (Å²) < 4.78 is 11.6. The van der Waals surface area contributed by atoms with Crippen LogP contribution in [0.5, 0.6) is 5.75 Å². The number of carbonyl (C=O) groups is 1. The van der Waals surface area contributed by atoms with E-state index in [1.807, 2.05) is 42.5 Å². The third kappa shape index (κ3) is 5.16. The molecule has 0 aliphatic heterocycles. The maximum Gasteiger partial charge on any atom is 0.262 e. The largest absolute Gasteiger partial charge is 0.481 e. The Bertz CT molecular complexity index is 1580. The van der Waals surface area contributed by atoms with Gasteiger partial charge in [-0.2, -0.15) is 0 Å². The Hall–Kier alpha value is -3.51. The number of benzene rings is 4. The molecule has 1 amide bonds. The first-order chi connectivity index (χ1) is 17.8. The van der Waals surface area contributed by atoms with Gasteiger partial charge in [-0.15, -0.1) is 0 Å². The number of carbonyl (C=O) groups excluding carboxylic acids is 1. The van der Waals surface area contributed by atoms with E-state index in [0.29, 0.717) is 38.8 Å². The first-order valence-corrected chi connectivity index (χ1v) is 12.6. The van der Waals surface area contributed by atoms with Crippen LogP contribution in [0.3, 0.4) is 0 Å². The van der Waals surface area contributed by atoms with E-state index in [4.69, 9.17) is 44.0 Å². The summed E-state index contributed by atoms with van der Waals surface area (Å²) in [5, 5.41) is 3.83. The zero-order chi connectivity index (χ0) is 26.1.